The Morgan fingerprint density at radius 3 is 1.21 bits per heavy atom. The van der Waals surface area contributed by atoms with Crippen molar-refractivity contribution >= 4 is 106 Å². The van der Waals surface area contributed by atoms with Crippen LogP contribution >= 0.6 is 0 Å². The summed E-state index contributed by atoms with van der Waals surface area (Å²) < 4.78 is 104. The molecule has 566 valence electrons. The maximum absolute atomic E-state index is 12.4. The van der Waals surface area contributed by atoms with Crippen molar-refractivity contribution < 1.29 is 82.1 Å². The molecule has 5 aromatic heterocycles. The topological polar surface area (TPSA) is 406 Å². The van der Waals surface area contributed by atoms with Crippen molar-refractivity contribution in [2.24, 2.45) is 0 Å². The van der Waals surface area contributed by atoms with Crippen LogP contribution in [0.3, 0.4) is 0 Å². The van der Waals surface area contributed by atoms with Gasteiger partial charge >= 0.3 is 169 Å². The van der Waals surface area contributed by atoms with Crippen molar-refractivity contribution in [1.29, 1.82) is 0 Å². The minimum atomic E-state index is -6.09. The second-order valence-electron chi connectivity index (χ2n) is 23.4. The number of allylic oxidation sites excluding steroid dienone is 2. The fourth-order valence-electron chi connectivity index (χ4n) is 11.2. The smallest absolute Gasteiger partial charge is 0.502 e. The van der Waals surface area contributed by atoms with Crippen LogP contribution in [0, 0.1) is 75.1 Å². The van der Waals surface area contributed by atoms with Crippen molar-refractivity contribution in [3.63, 3.8) is 0 Å². The van der Waals surface area contributed by atoms with Gasteiger partial charge in [0.25, 0.3) is 5.69 Å². The first-order valence-electron chi connectivity index (χ1n) is 32.4. The molecule has 0 bridgehead atoms. The molecule has 0 radical (unpaired) electrons. The van der Waals surface area contributed by atoms with Crippen LogP contribution in [0.2, 0.25) is 17.7 Å². The van der Waals surface area contributed by atoms with E-state index < -0.39 is 99.1 Å². The summed E-state index contributed by atoms with van der Waals surface area (Å²) in [7, 11) is -3.14. The summed E-state index contributed by atoms with van der Waals surface area (Å²) in [5.41, 5.74) is -6.54. The zero-order valence-corrected chi connectivity index (χ0v) is 63.3. The first kappa shape index (κ1) is 87.1. The molecule has 28 nitrogen and oxygen atoms in total. The van der Waals surface area contributed by atoms with Gasteiger partial charge in [0.1, 0.15) is 49.8 Å². The largest absolute Gasteiger partial charge is 0.534 e. The predicted molar refractivity (Wildman–Crippen MR) is 398 cm³/mol. The van der Waals surface area contributed by atoms with Gasteiger partial charge in [-0.1, -0.05) is 6.08 Å². The van der Waals surface area contributed by atoms with E-state index in [0.29, 0.717) is 45.7 Å². The normalized spacial score (nSPS) is 10.9. The van der Waals surface area contributed by atoms with E-state index in [1.54, 1.807) is 71.5 Å². The summed E-state index contributed by atoms with van der Waals surface area (Å²) in [6.45, 7) is 28.6. The van der Waals surface area contributed by atoms with Gasteiger partial charge < -0.3 is 40.8 Å². The SMILES string of the molecule is C=C.C=CCc1ccc2oc(=O)cc(C)c2c1[N+](=O)[O-].C=C[CH2][Sn]([CH2]CCC)([CH2]CCC)[CH2]CCC.COc1ccc2oc(=O)cc(C)c2c1.COc1ccc2oc(=O)cc(C)c2c1[N+](=O)[O-].Cc1cc(=O)oc2ccc(O)c([N+](=O)[O-])c12.Cc1cc(=O)oc2ccc(OS(=O)(=O)C(F)(F)F)c([N+](=O)[O-])c12. The second-order valence-corrected chi connectivity index (χ2v) is 39.0. The van der Waals surface area contributed by atoms with Gasteiger partial charge in [0.05, 0.1) is 39.3 Å². The third kappa shape index (κ3) is 22.6. The molecule has 0 aliphatic rings. The quantitative estimate of drug-likeness (QED) is 0.0133. The number of aryl methyl sites for hydroxylation is 5. The van der Waals surface area contributed by atoms with Gasteiger partial charge in [-0.15, -0.1) is 19.7 Å². The van der Waals surface area contributed by atoms with Gasteiger partial charge in [-0.05, 0) is 136 Å². The Morgan fingerprint density at radius 2 is 0.840 bits per heavy atom. The van der Waals surface area contributed by atoms with E-state index >= 15 is 0 Å². The number of fused-ring (bicyclic) bond motifs is 5. The number of hydrogen-bond donors (Lipinski definition) is 1. The summed E-state index contributed by atoms with van der Waals surface area (Å²) in [5.74, 6) is -0.694. The Labute approximate surface area is 607 Å². The molecule has 0 aliphatic carbocycles. The van der Waals surface area contributed by atoms with E-state index in [9.17, 15) is 91.1 Å². The zero-order chi connectivity index (χ0) is 79.7. The summed E-state index contributed by atoms with van der Waals surface area (Å²) in [5, 5.41) is 55.0. The maximum atomic E-state index is 12.4. The molecule has 0 fully saturated rings. The summed E-state index contributed by atoms with van der Waals surface area (Å²) in [6, 6.07) is 21.3. The number of rotatable bonds is 21. The third-order valence-corrected chi connectivity index (χ3v) is 32.4. The van der Waals surface area contributed by atoms with Crippen LogP contribution in [-0.2, 0) is 16.5 Å². The number of halogens is 3. The Kier molecular flexibility index (Phi) is 32.5. The van der Waals surface area contributed by atoms with Gasteiger partial charge in [-0.3, -0.25) is 40.5 Å². The Balaban J connectivity index is 0.000000269. The van der Waals surface area contributed by atoms with E-state index in [-0.39, 0.29) is 66.8 Å². The van der Waals surface area contributed by atoms with Crippen LogP contribution in [0.15, 0.2) is 182 Å². The van der Waals surface area contributed by atoms with Crippen molar-refractivity contribution in [2.75, 3.05) is 14.2 Å². The minimum absolute atomic E-state index is 0.0119. The summed E-state index contributed by atoms with van der Waals surface area (Å²) >= 11 is -1.78. The van der Waals surface area contributed by atoms with Gasteiger partial charge in [0.15, 0.2) is 11.5 Å². The van der Waals surface area contributed by atoms with Crippen molar-refractivity contribution in [2.45, 2.75) is 124 Å². The molecule has 0 atom stereocenters. The number of hydrogen-bond acceptors (Lipinski definition) is 24. The molecule has 0 amide bonds. The molecule has 10 aromatic rings. The number of ether oxygens (including phenoxy) is 2. The van der Waals surface area contributed by atoms with Crippen LogP contribution in [0.25, 0.3) is 54.8 Å². The molecule has 33 heteroatoms. The van der Waals surface area contributed by atoms with Crippen LogP contribution < -0.4 is 41.8 Å². The molecular weight excluding hydrogens is 1520 g/mol. The van der Waals surface area contributed by atoms with E-state index in [1.807, 2.05) is 13.0 Å². The number of phenolic OH excluding ortho intramolecular Hbond substituents is 1. The van der Waals surface area contributed by atoms with Crippen LogP contribution in [0.5, 0.6) is 23.0 Å². The van der Waals surface area contributed by atoms with Gasteiger partial charge in [0, 0.05) is 41.3 Å². The number of alkyl halides is 3. The molecule has 0 unspecified atom stereocenters. The number of phenols is 1. The average molecular weight is 1600 g/mol. The molecule has 1 N–H and O–H groups in total. The number of aromatic hydroxyl groups is 1. The van der Waals surface area contributed by atoms with Crippen LogP contribution in [0.1, 0.15) is 92.7 Å². The zero-order valence-electron chi connectivity index (χ0n) is 59.7. The first-order valence-corrected chi connectivity index (χ1v) is 41.9. The summed E-state index contributed by atoms with van der Waals surface area (Å²) in [4.78, 5) is 97.1. The minimum Gasteiger partial charge on any atom is -0.502 e. The molecular formula is C73H79F3N4O24SSn. The number of methoxy groups -OCH3 is 2. The predicted octanol–water partition coefficient (Wildman–Crippen LogP) is 17.6. The Bertz CT molecular complexity index is 5300. The van der Waals surface area contributed by atoms with Crippen LogP contribution in [0.4, 0.5) is 35.9 Å². The summed E-state index contributed by atoms with van der Waals surface area (Å²) in [6.07, 6.45) is 12.8. The number of benzene rings is 5. The van der Waals surface area contributed by atoms with E-state index in [2.05, 4.69) is 57.3 Å². The van der Waals surface area contributed by atoms with Crippen molar-refractivity contribution in [1.82, 2.24) is 0 Å². The maximum Gasteiger partial charge on any atom is 0.534 e. The van der Waals surface area contributed by atoms with Gasteiger partial charge in [-0.2, -0.15) is 21.6 Å². The van der Waals surface area contributed by atoms with Gasteiger partial charge in [-0.25, -0.2) is 24.0 Å². The molecule has 5 heterocycles. The fourth-order valence-corrected chi connectivity index (χ4v) is 26.8. The second kappa shape index (κ2) is 39.5. The van der Waals surface area contributed by atoms with Crippen molar-refractivity contribution in [3.05, 3.63) is 261 Å². The number of unbranched alkanes of at least 4 members (excludes halogenated alkanes) is 3. The number of nitrogens with zero attached hydrogens (tertiary/aromatic N) is 4. The molecule has 106 heavy (non-hydrogen) atoms. The Hall–Kier alpha value is -11.3. The monoisotopic (exact) mass is 1600 g/mol. The van der Waals surface area contributed by atoms with Crippen molar-refractivity contribution in [3.8, 4) is 23.0 Å². The van der Waals surface area contributed by atoms with Crippen LogP contribution in [-0.4, -0.2) is 71.3 Å². The number of nitro benzene ring substituents is 4. The standard InChI is InChI=1S/C13H11NO4.C11H6F3NO7S.C11H9NO5.C11H10O3.C10H7NO5.3C4H9.C3H5.C2H4.Sn/c1-3-4-9-5-6-10-12(13(9)14(16)17)8(2)7-11(15)18-10;1-5-4-8(16)21-6-2-3-7(10(9(5)6)15(17)18)22-23(19,20)11(12,13)14;1-6-5-9(13)17-7-3-4-8(16-2)11(10(6)7)12(14)15;1-7-5-11(12)14-10-4-3-8(13-2)6-9(7)10;1-5-4-8(13)16-7-3-2-6(12)10(9(5)7)11(14)15;3*1-3-4-2;1-3-2;1-2;/h3,5-7H,1,4H2,2H3;2-4H,1H3;3-5H,1-2H3;3-6H,1-2H3;2-4,12H,1H3;3*1,3-4H2,2H3;3H,1-2H2;1-2H2;. The fraction of sp³-hybridized carbons (Fsp3) is 0.301. The Morgan fingerprint density at radius 1 is 0.491 bits per heavy atom. The van der Waals surface area contributed by atoms with E-state index in [0.717, 1.165) is 41.0 Å². The molecule has 0 aliphatic heterocycles. The molecule has 0 spiro atoms. The molecule has 10 rings (SSSR count). The molecule has 0 saturated carbocycles. The molecule has 5 aromatic carbocycles. The molecule has 0 saturated heterocycles. The first-order chi connectivity index (χ1) is 50.0. The average Bonchev–Trinajstić information content (AvgIpc) is 0.784. The number of nitro groups is 4. The van der Waals surface area contributed by atoms with Gasteiger partial charge in [0.2, 0.25) is 5.75 Å². The van der Waals surface area contributed by atoms with E-state index in [4.69, 9.17) is 31.6 Å². The third-order valence-electron chi connectivity index (χ3n) is 16.0. The van der Waals surface area contributed by atoms with E-state index in [1.165, 1.54) is 93.4 Å².